The van der Waals surface area contributed by atoms with Crippen LogP contribution in [0.2, 0.25) is 0 Å². The molecule has 0 fully saturated rings. The van der Waals surface area contributed by atoms with E-state index in [0.717, 1.165) is 11.3 Å². The Morgan fingerprint density at radius 2 is 2.19 bits per heavy atom. The Balaban J connectivity index is 2.82. The molecule has 1 aromatic rings. The van der Waals surface area contributed by atoms with Gasteiger partial charge in [-0.05, 0) is 31.9 Å². The fraction of sp³-hybridized carbons (Fsp3) is 0.417. The Hall–Kier alpha value is -1.00. The summed E-state index contributed by atoms with van der Waals surface area (Å²) in [6.45, 7) is 6.10. The molecule has 0 saturated heterocycles. The van der Waals surface area contributed by atoms with E-state index in [0.29, 0.717) is 0 Å². The number of hydrogen-bond acceptors (Lipinski definition) is 3. The number of nitrogens with one attached hydrogen (secondary N) is 1. The van der Waals surface area contributed by atoms with Gasteiger partial charge in [0.2, 0.25) is 5.91 Å². The molecule has 1 atom stereocenters. The zero-order chi connectivity index (χ0) is 12.1. The average Bonchev–Trinajstić information content (AvgIpc) is 2.27. The monoisotopic (exact) mass is 238 g/mol. The maximum atomic E-state index is 11.5. The quantitative estimate of drug-likeness (QED) is 0.366. The highest BCUT2D eigenvalue weighted by Gasteiger charge is 2.17. The smallest absolute Gasteiger partial charge is 0.247 e. The minimum absolute atomic E-state index is 0.118. The van der Waals surface area contributed by atoms with Crippen molar-refractivity contribution in [2.24, 2.45) is 5.84 Å². The molecule has 1 amide bonds. The second kappa shape index (κ2) is 5.92. The van der Waals surface area contributed by atoms with E-state index in [1.165, 1.54) is 11.1 Å². The van der Waals surface area contributed by atoms with Gasteiger partial charge in [-0.25, -0.2) is 5.84 Å². The molecule has 0 saturated carbocycles. The van der Waals surface area contributed by atoms with Crippen LogP contribution in [0.25, 0.3) is 0 Å². The number of carbonyl (C=O) groups is 1. The van der Waals surface area contributed by atoms with Gasteiger partial charge in [0.05, 0.1) is 5.25 Å². The molecule has 0 bridgehead atoms. The number of carbonyl (C=O) groups excluding carboxylic acids is 1. The van der Waals surface area contributed by atoms with E-state index in [4.69, 9.17) is 5.84 Å². The van der Waals surface area contributed by atoms with E-state index in [1.54, 1.807) is 11.8 Å². The number of aryl methyl sites for hydroxylation is 2. The lowest BCUT2D eigenvalue weighted by Gasteiger charge is -2.14. The zero-order valence-electron chi connectivity index (χ0n) is 9.91. The van der Waals surface area contributed by atoms with Gasteiger partial charge in [-0.1, -0.05) is 24.6 Å². The number of hydrazine groups is 1. The molecule has 3 N–H and O–H groups in total. The minimum atomic E-state index is -0.119. The lowest BCUT2D eigenvalue weighted by atomic mass is 10.2. The Morgan fingerprint density at radius 1 is 1.50 bits per heavy atom. The van der Waals surface area contributed by atoms with E-state index < -0.39 is 0 Å². The standard InChI is InChI=1S/C12H18N2OS/c1-4-10(12(15)14-13)16-11-6-5-8(2)7-9(11)3/h5-7,10H,4,13H2,1-3H3,(H,14,15). The summed E-state index contributed by atoms with van der Waals surface area (Å²) >= 11 is 1.56. The van der Waals surface area contributed by atoms with E-state index in [9.17, 15) is 4.79 Å². The molecule has 0 spiro atoms. The summed E-state index contributed by atoms with van der Waals surface area (Å²) in [5.74, 6) is 5.03. The number of nitrogens with two attached hydrogens (primary N) is 1. The highest BCUT2D eigenvalue weighted by Crippen LogP contribution is 2.28. The predicted molar refractivity (Wildman–Crippen MR) is 68.2 cm³/mol. The lowest BCUT2D eigenvalue weighted by molar-refractivity contribution is -0.120. The number of benzene rings is 1. The number of rotatable bonds is 4. The maximum Gasteiger partial charge on any atom is 0.247 e. The lowest BCUT2D eigenvalue weighted by Crippen LogP contribution is -2.37. The van der Waals surface area contributed by atoms with Crippen LogP contribution in [0.3, 0.4) is 0 Å². The SMILES string of the molecule is CCC(Sc1ccc(C)cc1C)C(=O)NN. The van der Waals surface area contributed by atoms with Crippen LogP contribution in [-0.4, -0.2) is 11.2 Å². The first-order chi connectivity index (χ1) is 7.58. The molecule has 3 nitrogen and oxygen atoms in total. The van der Waals surface area contributed by atoms with E-state index in [2.05, 4.69) is 37.5 Å². The second-order valence-corrected chi connectivity index (χ2v) is 5.04. The predicted octanol–water partition coefficient (Wildman–Crippen LogP) is 2.16. The highest BCUT2D eigenvalue weighted by molar-refractivity contribution is 8.00. The summed E-state index contributed by atoms with van der Waals surface area (Å²) < 4.78 is 0. The first-order valence-electron chi connectivity index (χ1n) is 5.32. The van der Waals surface area contributed by atoms with Gasteiger partial charge in [0.1, 0.15) is 0 Å². The van der Waals surface area contributed by atoms with Crippen LogP contribution in [0.15, 0.2) is 23.1 Å². The van der Waals surface area contributed by atoms with Gasteiger partial charge >= 0.3 is 0 Å². The van der Waals surface area contributed by atoms with Crippen LogP contribution in [-0.2, 0) is 4.79 Å². The van der Waals surface area contributed by atoms with Crippen molar-refractivity contribution in [2.45, 2.75) is 37.3 Å². The molecular formula is C12H18N2OS. The van der Waals surface area contributed by atoms with Gasteiger partial charge in [0.15, 0.2) is 0 Å². The molecule has 88 valence electrons. The van der Waals surface area contributed by atoms with Gasteiger partial charge in [-0.3, -0.25) is 10.2 Å². The fourth-order valence-electron chi connectivity index (χ4n) is 1.50. The van der Waals surface area contributed by atoms with Crippen molar-refractivity contribution in [3.05, 3.63) is 29.3 Å². The van der Waals surface area contributed by atoms with Crippen LogP contribution in [0.1, 0.15) is 24.5 Å². The van der Waals surface area contributed by atoms with Crippen molar-refractivity contribution in [3.8, 4) is 0 Å². The molecule has 1 aromatic carbocycles. The first kappa shape index (κ1) is 13.1. The summed E-state index contributed by atoms with van der Waals surface area (Å²) in [7, 11) is 0. The Labute approximate surface area is 101 Å². The number of thioether (sulfide) groups is 1. The third kappa shape index (κ3) is 3.25. The number of amides is 1. The summed E-state index contributed by atoms with van der Waals surface area (Å²) in [6, 6.07) is 6.24. The summed E-state index contributed by atoms with van der Waals surface area (Å²) in [5, 5.41) is -0.119. The topological polar surface area (TPSA) is 55.1 Å². The summed E-state index contributed by atoms with van der Waals surface area (Å²) in [6.07, 6.45) is 0.765. The van der Waals surface area contributed by atoms with E-state index in [-0.39, 0.29) is 11.2 Å². The fourth-order valence-corrected chi connectivity index (χ4v) is 2.54. The van der Waals surface area contributed by atoms with Crippen molar-refractivity contribution in [2.75, 3.05) is 0 Å². The normalized spacial score (nSPS) is 12.2. The van der Waals surface area contributed by atoms with Crippen molar-refractivity contribution in [1.82, 2.24) is 5.43 Å². The largest absolute Gasteiger partial charge is 0.293 e. The highest BCUT2D eigenvalue weighted by atomic mass is 32.2. The molecule has 1 unspecified atom stereocenters. The third-order valence-electron chi connectivity index (χ3n) is 2.41. The summed E-state index contributed by atoms with van der Waals surface area (Å²) in [5.41, 5.74) is 4.64. The summed E-state index contributed by atoms with van der Waals surface area (Å²) in [4.78, 5) is 12.6. The molecule has 0 aromatic heterocycles. The molecule has 1 rings (SSSR count). The van der Waals surface area contributed by atoms with Gasteiger partial charge < -0.3 is 0 Å². The molecule has 4 heteroatoms. The first-order valence-corrected chi connectivity index (χ1v) is 6.20. The van der Waals surface area contributed by atoms with E-state index in [1.807, 2.05) is 6.92 Å². The van der Waals surface area contributed by atoms with Crippen molar-refractivity contribution in [1.29, 1.82) is 0 Å². The average molecular weight is 238 g/mol. The third-order valence-corrected chi connectivity index (χ3v) is 3.95. The van der Waals surface area contributed by atoms with Crippen LogP contribution in [0, 0.1) is 13.8 Å². The van der Waals surface area contributed by atoms with Crippen molar-refractivity contribution < 1.29 is 4.79 Å². The molecule has 16 heavy (non-hydrogen) atoms. The Kier molecular flexibility index (Phi) is 4.83. The van der Waals surface area contributed by atoms with Gasteiger partial charge in [-0.2, -0.15) is 0 Å². The zero-order valence-corrected chi connectivity index (χ0v) is 10.7. The second-order valence-electron chi connectivity index (χ2n) is 3.79. The van der Waals surface area contributed by atoms with Gasteiger partial charge in [0, 0.05) is 4.90 Å². The van der Waals surface area contributed by atoms with Gasteiger partial charge in [0.25, 0.3) is 0 Å². The van der Waals surface area contributed by atoms with Crippen LogP contribution >= 0.6 is 11.8 Å². The minimum Gasteiger partial charge on any atom is -0.293 e. The van der Waals surface area contributed by atoms with E-state index >= 15 is 0 Å². The van der Waals surface area contributed by atoms with Crippen LogP contribution < -0.4 is 11.3 Å². The Bertz CT molecular complexity index is 379. The van der Waals surface area contributed by atoms with Gasteiger partial charge in [-0.15, -0.1) is 11.8 Å². The molecular weight excluding hydrogens is 220 g/mol. The van der Waals surface area contributed by atoms with Crippen LogP contribution in [0.4, 0.5) is 0 Å². The number of hydrogen-bond donors (Lipinski definition) is 2. The van der Waals surface area contributed by atoms with Crippen molar-refractivity contribution >= 4 is 17.7 Å². The Morgan fingerprint density at radius 3 is 2.69 bits per heavy atom. The molecule has 0 aliphatic heterocycles. The molecule has 0 heterocycles. The maximum absolute atomic E-state index is 11.5. The van der Waals surface area contributed by atoms with Crippen LogP contribution in [0.5, 0.6) is 0 Å². The molecule has 0 radical (unpaired) electrons. The molecule has 0 aliphatic rings. The van der Waals surface area contributed by atoms with Crippen molar-refractivity contribution in [3.63, 3.8) is 0 Å². The molecule has 0 aliphatic carbocycles.